The number of halogens is 1. The van der Waals surface area contributed by atoms with Crippen LogP contribution in [0.3, 0.4) is 0 Å². The highest BCUT2D eigenvalue weighted by Crippen LogP contribution is 2.28. The zero-order chi connectivity index (χ0) is 16.2. The Bertz CT molecular complexity index is 799. The molecule has 0 radical (unpaired) electrons. The van der Waals surface area contributed by atoms with Crippen molar-refractivity contribution in [3.8, 4) is 9.88 Å². The number of carbonyl (C=O) groups excluding carboxylic acids is 1. The van der Waals surface area contributed by atoms with E-state index in [1.807, 2.05) is 22.9 Å². The minimum Gasteiger partial charge on any atom is -0.341 e. The molecule has 3 rings (SSSR count). The number of rotatable bonds is 5. The largest absolute Gasteiger partial charge is 0.341 e. The molecule has 0 aliphatic rings. The van der Waals surface area contributed by atoms with Crippen molar-refractivity contribution in [1.29, 1.82) is 0 Å². The highest BCUT2D eigenvalue weighted by molar-refractivity contribution is 7.20. The van der Waals surface area contributed by atoms with Crippen molar-refractivity contribution in [3.63, 3.8) is 0 Å². The van der Waals surface area contributed by atoms with Crippen LogP contribution in [-0.4, -0.2) is 22.8 Å². The van der Waals surface area contributed by atoms with Crippen LogP contribution in [0.1, 0.15) is 11.3 Å². The fourth-order valence-electron chi connectivity index (χ4n) is 2.16. The van der Waals surface area contributed by atoms with Crippen LogP contribution in [0.5, 0.6) is 0 Å². The number of nitrogens with zero attached hydrogens (tertiary/aromatic N) is 2. The lowest BCUT2D eigenvalue weighted by molar-refractivity contribution is -0.129. The number of likely N-dealkylation sites (N-methyl/N-ethyl adjacent to an activating group) is 1. The van der Waals surface area contributed by atoms with Crippen molar-refractivity contribution in [2.75, 3.05) is 7.05 Å². The first kappa shape index (κ1) is 15.8. The Morgan fingerprint density at radius 2 is 2.04 bits per heavy atom. The average molecular weight is 346 g/mol. The summed E-state index contributed by atoms with van der Waals surface area (Å²) < 4.78 is 13.7. The first-order valence-corrected chi connectivity index (χ1v) is 8.85. The van der Waals surface area contributed by atoms with E-state index in [0.29, 0.717) is 5.56 Å². The van der Waals surface area contributed by atoms with E-state index in [0.717, 1.165) is 15.6 Å². The van der Waals surface area contributed by atoms with E-state index in [1.54, 1.807) is 36.6 Å². The number of thiophene rings is 1. The van der Waals surface area contributed by atoms with Gasteiger partial charge in [-0.15, -0.1) is 22.7 Å². The standard InChI is InChI=1S/C17H15FN2OS2/c1-20(10-12-5-2-3-6-14(12)18)16(21)9-13-11-23-17(19-13)15-7-4-8-22-15/h2-8,11H,9-10H2,1H3. The summed E-state index contributed by atoms with van der Waals surface area (Å²) in [5, 5.41) is 4.84. The van der Waals surface area contributed by atoms with Crippen LogP contribution < -0.4 is 0 Å². The first-order valence-electron chi connectivity index (χ1n) is 7.09. The SMILES string of the molecule is CN(Cc1ccccc1F)C(=O)Cc1csc(-c2cccs2)n1. The van der Waals surface area contributed by atoms with Gasteiger partial charge in [0, 0.05) is 24.5 Å². The van der Waals surface area contributed by atoms with E-state index in [9.17, 15) is 9.18 Å². The molecule has 2 heterocycles. The maximum absolute atomic E-state index is 13.7. The molecule has 0 saturated heterocycles. The van der Waals surface area contributed by atoms with Crippen LogP contribution in [0.25, 0.3) is 9.88 Å². The van der Waals surface area contributed by atoms with Crippen molar-refractivity contribution in [1.82, 2.24) is 9.88 Å². The van der Waals surface area contributed by atoms with E-state index in [2.05, 4.69) is 4.98 Å². The Balaban J connectivity index is 1.64. The minimum absolute atomic E-state index is 0.0729. The predicted molar refractivity (Wildman–Crippen MR) is 92.0 cm³/mol. The van der Waals surface area contributed by atoms with Crippen LogP contribution in [0.4, 0.5) is 4.39 Å². The molecule has 0 spiro atoms. The van der Waals surface area contributed by atoms with Gasteiger partial charge in [-0.1, -0.05) is 24.3 Å². The molecule has 1 amide bonds. The number of carbonyl (C=O) groups is 1. The van der Waals surface area contributed by atoms with Gasteiger partial charge in [-0.2, -0.15) is 0 Å². The van der Waals surface area contributed by atoms with Gasteiger partial charge in [-0.3, -0.25) is 4.79 Å². The topological polar surface area (TPSA) is 33.2 Å². The van der Waals surface area contributed by atoms with E-state index >= 15 is 0 Å². The van der Waals surface area contributed by atoms with E-state index in [1.165, 1.54) is 22.3 Å². The number of benzene rings is 1. The Labute approximate surface area is 142 Å². The van der Waals surface area contributed by atoms with Crippen LogP contribution in [0, 0.1) is 5.82 Å². The summed E-state index contributed by atoms with van der Waals surface area (Å²) in [5.74, 6) is -0.364. The van der Waals surface area contributed by atoms with Crippen molar-refractivity contribution in [2.45, 2.75) is 13.0 Å². The zero-order valence-electron chi connectivity index (χ0n) is 12.5. The van der Waals surface area contributed by atoms with Crippen LogP contribution >= 0.6 is 22.7 Å². The Kier molecular flexibility index (Phi) is 4.83. The molecule has 3 aromatic rings. The maximum Gasteiger partial charge on any atom is 0.228 e. The molecular formula is C17H15FN2OS2. The summed E-state index contributed by atoms with van der Waals surface area (Å²) in [5.41, 5.74) is 1.27. The van der Waals surface area contributed by atoms with Crippen molar-refractivity contribution in [3.05, 3.63) is 64.2 Å². The molecule has 0 N–H and O–H groups in total. The number of amides is 1. The van der Waals surface area contributed by atoms with E-state index in [-0.39, 0.29) is 24.7 Å². The lowest BCUT2D eigenvalue weighted by Crippen LogP contribution is -2.28. The van der Waals surface area contributed by atoms with Gasteiger partial charge in [0.25, 0.3) is 0 Å². The number of thiazole rings is 1. The monoisotopic (exact) mass is 346 g/mol. The molecule has 0 aliphatic heterocycles. The van der Waals surface area contributed by atoms with Gasteiger partial charge < -0.3 is 4.90 Å². The highest BCUT2D eigenvalue weighted by atomic mass is 32.1. The third-order valence-electron chi connectivity index (χ3n) is 3.41. The number of hydrogen-bond acceptors (Lipinski definition) is 4. The number of hydrogen-bond donors (Lipinski definition) is 0. The van der Waals surface area contributed by atoms with Crippen LogP contribution in [0.15, 0.2) is 47.2 Å². The summed E-state index contributed by atoms with van der Waals surface area (Å²) in [6.45, 7) is 0.257. The van der Waals surface area contributed by atoms with Crippen molar-refractivity contribution in [2.24, 2.45) is 0 Å². The molecule has 0 unspecified atom stereocenters. The summed E-state index contributed by atoms with van der Waals surface area (Å²) in [6, 6.07) is 10.5. The second kappa shape index (κ2) is 7.02. The van der Waals surface area contributed by atoms with E-state index < -0.39 is 0 Å². The molecule has 0 aliphatic carbocycles. The third-order valence-corrected chi connectivity index (χ3v) is 5.34. The first-order chi connectivity index (χ1) is 11.1. The lowest BCUT2D eigenvalue weighted by atomic mass is 10.2. The zero-order valence-corrected chi connectivity index (χ0v) is 14.2. The molecule has 0 bridgehead atoms. The fourth-order valence-corrected chi connectivity index (χ4v) is 3.80. The minimum atomic E-state index is -0.291. The Morgan fingerprint density at radius 3 is 2.78 bits per heavy atom. The molecular weight excluding hydrogens is 331 g/mol. The summed E-state index contributed by atoms with van der Waals surface area (Å²) >= 11 is 3.16. The molecule has 0 atom stereocenters. The smallest absolute Gasteiger partial charge is 0.228 e. The molecule has 0 fully saturated rings. The average Bonchev–Trinajstić information content (AvgIpc) is 3.20. The second-order valence-electron chi connectivity index (χ2n) is 5.14. The van der Waals surface area contributed by atoms with E-state index in [4.69, 9.17) is 0 Å². The van der Waals surface area contributed by atoms with Gasteiger partial charge in [-0.05, 0) is 17.5 Å². The van der Waals surface area contributed by atoms with Gasteiger partial charge in [0.1, 0.15) is 10.8 Å². The van der Waals surface area contributed by atoms with Gasteiger partial charge in [0.2, 0.25) is 5.91 Å². The summed E-state index contributed by atoms with van der Waals surface area (Å²) in [4.78, 5) is 19.4. The van der Waals surface area contributed by atoms with Crippen molar-refractivity contribution < 1.29 is 9.18 Å². The predicted octanol–water partition coefficient (Wildman–Crippen LogP) is 4.21. The molecule has 1 aromatic carbocycles. The molecule has 118 valence electrons. The Hall–Kier alpha value is -2.05. The third kappa shape index (κ3) is 3.83. The number of aromatic nitrogens is 1. The lowest BCUT2D eigenvalue weighted by Gasteiger charge is -2.17. The maximum atomic E-state index is 13.7. The van der Waals surface area contributed by atoms with Gasteiger partial charge >= 0.3 is 0 Å². The van der Waals surface area contributed by atoms with Gasteiger partial charge in [0.05, 0.1) is 17.0 Å². The summed E-state index contributed by atoms with van der Waals surface area (Å²) in [7, 11) is 1.68. The van der Waals surface area contributed by atoms with Gasteiger partial charge in [0.15, 0.2) is 0 Å². The summed E-state index contributed by atoms with van der Waals surface area (Å²) in [6.07, 6.45) is 0.229. The normalized spacial score (nSPS) is 10.7. The van der Waals surface area contributed by atoms with Crippen molar-refractivity contribution >= 4 is 28.6 Å². The van der Waals surface area contributed by atoms with Crippen LogP contribution in [-0.2, 0) is 17.8 Å². The highest BCUT2D eigenvalue weighted by Gasteiger charge is 2.14. The second-order valence-corrected chi connectivity index (χ2v) is 6.95. The molecule has 2 aromatic heterocycles. The fraction of sp³-hybridized carbons (Fsp3) is 0.176. The molecule has 6 heteroatoms. The quantitative estimate of drug-likeness (QED) is 0.693. The molecule has 3 nitrogen and oxygen atoms in total. The van der Waals surface area contributed by atoms with Crippen LogP contribution in [0.2, 0.25) is 0 Å². The van der Waals surface area contributed by atoms with Gasteiger partial charge in [-0.25, -0.2) is 9.37 Å². The Morgan fingerprint density at radius 1 is 1.22 bits per heavy atom. The molecule has 23 heavy (non-hydrogen) atoms. The molecule has 0 saturated carbocycles.